The Morgan fingerprint density at radius 3 is 2.49 bits per heavy atom. The van der Waals surface area contributed by atoms with E-state index in [0.717, 1.165) is 76.0 Å². The molecule has 1 amide bonds. The van der Waals surface area contributed by atoms with Gasteiger partial charge in [-0.25, -0.2) is 4.79 Å². The third-order valence-corrected chi connectivity index (χ3v) is 9.02. The highest BCUT2D eigenvalue weighted by Crippen LogP contribution is 2.48. The maximum atomic E-state index is 12.8. The summed E-state index contributed by atoms with van der Waals surface area (Å²) in [6.07, 6.45) is 10.0. The third kappa shape index (κ3) is 4.61. The van der Waals surface area contributed by atoms with Crippen LogP contribution in [0.2, 0.25) is 0 Å². The minimum atomic E-state index is -0.927. The monoisotopic (exact) mass is 546 g/mol. The molecule has 0 atom stereocenters. The van der Waals surface area contributed by atoms with Gasteiger partial charge in [0.25, 0.3) is 0 Å². The van der Waals surface area contributed by atoms with Gasteiger partial charge in [-0.15, -0.1) is 0 Å². The van der Waals surface area contributed by atoms with Crippen molar-refractivity contribution in [2.45, 2.75) is 57.4 Å². The van der Waals surface area contributed by atoms with Gasteiger partial charge in [-0.1, -0.05) is 43.5 Å². The first-order valence-corrected chi connectivity index (χ1v) is 14.7. The topological polar surface area (TPSA) is 80.6 Å². The van der Waals surface area contributed by atoms with E-state index in [1.54, 1.807) is 13.2 Å². The number of methoxy groups -OCH3 is 1. The van der Waals surface area contributed by atoms with Gasteiger partial charge in [0, 0.05) is 40.2 Å². The van der Waals surface area contributed by atoms with E-state index in [1.165, 1.54) is 24.8 Å². The van der Waals surface area contributed by atoms with Crippen LogP contribution < -0.4 is 10.1 Å². The van der Waals surface area contributed by atoms with Gasteiger partial charge in [-0.05, 0) is 90.8 Å². The highest BCUT2D eigenvalue weighted by Gasteiger charge is 2.32. The van der Waals surface area contributed by atoms with Crippen molar-refractivity contribution in [1.29, 1.82) is 0 Å². The smallest absolute Gasteiger partial charge is 0.335 e. The van der Waals surface area contributed by atoms with Gasteiger partial charge in [0.15, 0.2) is 0 Å². The molecular formula is C35H34N2O4. The number of allylic oxidation sites excluding steroid dienone is 1. The number of amides is 1. The molecule has 1 aromatic heterocycles. The molecule has 0 saturated heterocycles. The highest BCUT2D eigenvalue weighted by molar-refractivity contribution is 6.03. The first kappa shape index (κ1) is 25.6. The second-order valence-electron chi connectivity index (χ2n) is 11.7. The van der Waals surface area contributed by atoms with Gasteiger partial charge in [0.2, 0.25) is 5.91 Å². The second kappa shape index (κ2) is 10.3. The van der Waals surface area contributed by atoms with Crippen LogP contribution >= 0.6 is 0 Å². The van der Waals surface area contributed by atoms with Gasteiger partial charge in [0.1, 0.15) is 5.75 Å². The number of carbonyl (C=O) groups excluding carboxylic acids is 1. The maximum absolute atomic E-state index is 12.8. The molecule has 4 aromatic rings. The van der Waals surface area contributed by atoms with E-state index in [9.17, 15) is 14.7 Å². The zero-order valence-corrected chi connectivity index (χ0v) is 23.3. The summed E-state index contributed by atoms with van der Waals surface area (Å²) in [6, 6.07) is 19.8. The van der Waals surface area contributed by atoms with Gasteiger partial charge in [0.05, 0.1) is 18.4 Å². The molecule has 41 heavy (non-hydrogen) atoms. The summed E-state index contributed by atoms with van der Waals surface area (Å²) in [7, 11) is 1.68. The number of nitrogens with zero attached hydrogens (tertiary/aromatic N) is 1. The number of nitrogens with one attached hydrogen (secondary N) is 1. The molecule has 208 valence electrons. The zero-order valence-electron chi connectivity index (χ0n) is 23.3. The van der Waals surface area contributed by atoms with Crippen molar-refractivity contribution >= 4 is 40.1 Å². The Hall–Kier alpha value is -4.32. The lowest BCUT2D eigenvalue weighted by atomic mass is 9.81. The van der Waals surface area contributed by atoms with Crippen LogP contribution in [-0.2, 0) is 11.3 Å². The normalized spacial score (nSPS) is 16.9. The van der Waals surface area contributed by atoms with Crippen LogP contribution in [0.3, 0.4) is 0 Å². The fraction of sp³-hybridized carbons (Fsp3) is 0.314. The molecule has 2 aliphatic carbocycles. The van der Waals surface area contributed by atoms with Crippen LogP contribution in [0.4, 0.5) is 5.69 Å². The first-order valence-electron chi connectivity index (χ1n) is 14.7. The van der Waals surface area contributed by atoms with E-state index in [0.29, 0.717) is 12.5 Å². The number of fused-ring (bicyclic) bond motifs is 5. The Balaban J connectivity index is 1.48. The number of benzene rings is 3. The summed E-state index contributed by atoms with van der Waals surface area (Å²) in [5.74, 6) is 0.450. The summed E-state index contributed by atoms with van der Waals surface area (Å²) in [4.78, 5) is 24.9. The number of aromatic carboxylic acids is 1. The van der Waals surface area contributed by atoms with Gasteiger partial charge in [-0.3, -0.25) is 4.79 Å². The molecule has 2 heterocycles. The minimum absolute atomic E-state index is 0.0755. The van der Waals surface area contributed by atoms with Crippen LogP contribution in [0.5, 0.6) is 5.75 Å². The molecule has 6 nitrogen and oxygen atoms in total. The standard InChI is InChI=1S/C35H34N2O4/c1-41-26-14-16-28-24(18-26)17-25(27-9-5-6-10-30(27)36-34(38)22-11-12-22)20-37-31-19-23(35(39)40)13-15-29(31)32(33(28)37)21-7-3-2-4-8-21/h5-6,9-10,13-19,21-22H,2-4,7-8,11-12,20H2,1H3,(H,36,38)(H,39,40). The number of anilines is 1. The average Bonchev–Trinajstić information content (AvgIpc) is 3.82. The second-order valence-corrected chi connectivity index (χ2v) is 11.7. The third-order valence-electron chi connectivity index (χ3n) is 9.02. The first-order chi connectivity index (χ1) is 20.0. The van der Waals surface area contributed by atoms with E-state index < -0.39 is 5.97 Å². The van der Waals surface area contributed by atoms with Gasteiger partial charge >= 0.3 is 5.97 Å². The number of para-hydroxylation sites is 1. The maximum Gasteiger partial charge on any atom is 0.335 e. The quantitative estimate of drug-likeness (QED) is 0.257. The fourth-order valence-electron chi connectivity index (χ4n) is 6.79. The van der Waals surface area contributed by atoms with E-state index >= 15 is 0 Å². The molecule has 1 aliphatic heterocycles. The van der Waals surface area contributed by atoms with Crippen molar-refractivity contribution in [1.82, 2.24) is 4.57 Å². The number of carboxylic acid groups (broad SMARTS) is 1. The molecule has 2 N–H and O–H groups in total. The largest absolute Gasteiger partial charge is 0.497 e. The van der Waals surface area contributed by atoms with E-state index in [4.69, 9.17) is 4.74 Å². The molecular weight excluding hydrogens is 512 g/mol. The Morgan fingerprint density at radius 1 is 0.927 bits per heavy atom. The SMILES string of the molecule is COc1ccc2c(c1)C=C(c1ccccc1NC(=O)C1CC1)Cn1c-2c(C2CCCCC2)c2ccc(C(=O)O)cc21. The molecule has 0 unspecified atom stereocenters. The Labute approximate surface area is 239 Å². The molecule has 0 radical (unpaired) electrons. The average molecular weight is 547 g/mol. The van der Waals surface area contributed by atoms with Crippen LogP contribution in [-0.4, -0.2) is 28.7 Å². The number of rotatable bonds is 6. The summed E-state index contributed by atoms with van der Waals surface area (Å²) in [6.45, 7) is 0.551. The molecule has 3 aliphatic rings. The molecule has 7 rings (SSSR count). The predicted molar refractivity (Wildman–Crippen MR) is 162 cm³/mol. The Kier molecular flexibility index (Phi) is 6.41. The summed E-state index contributed by atoms with van der Waals surface area (Å²) >= 11 is 0. The van der Waals surface area contributed by atoms with Gasteiger partial charge in [-0.2, -0.15) is 0 Å². The molecule has 0 bridgehead atoms. The molecule has 6 heteroatoms. The highest BCUT2D eigenvalue weighted by atomic mass is 16.5. The summed E-state index contributed by atoms with van der Waals surface area (Å²) < 4.78 is 7.96. The van der Waals surface area contributed by atoms with Crippen molar-refractivity contribution in [3.8, 4) is 17.0 Å². The molecule has 2 saturated carbocycles. The number of hydrogen-bond acceptors (Lipinski definition) is 3. The minimum Gasteiger partial charge on any atom is -0.497 e. The van der Waals surface area contributed by atoms with E-state index in [1.807, 2.05) is 36.4 Å². The number of carbonyl (C=O) groups is 2. The van der Waals surface area contributed by atoms with Crippen molar-refractivity contribution in [2.75, 3.05) is 12.4 Å². The van der Waals surface area contributed by atoms with E-state index in [-0.39, 0.29) is 17.4 Å². The zero-order chi connectivity index (χ0) is 28.1. The fourth-order valence-corrected chi connectivity index (χ4v) is 6.79. The number of carboxylic acids is 1. The number of ether oxygens (including phenoxy) is 1. The Bertz CT molecular complexity index is 1720. The van der Waals surface area contributed by atoms with Crippen LogP contribution in [0, 0.1) is 5.92 Å². The summed E-state index contributed by atoms with van der Waals surface area (Å²) in [5, 5.41) is 14.2. The van der Waals surface area contributed by atoms with Gasteiger partial charge < -0.3 is 19.7 Å². The van der Waals surface area contributed by atoms with Crippen molar-refractivity contribution in [2.24, 2.45) is 5.92 Å². The molecule has 0 spiro atoms. The lowest BCUT2D eigenvalue weighted by Crippen LogP contribution is -2.15. The van der Waals surface area contributed by atoms with Crippen LogP contribution in [0.1, 0.15) is 77.9 Å². The van der Waals surface area contributed by atoms with Crippen LogP contribution in [0.25, 0.3) is 33.8 Å². The lowest BCUT2D eigenvalue weighted by molar-refractivity contribution is -0.117. The molecule has 2 fully saturated rings. The van der Waals surface area contributed by atoms with E-state index in [2.05, 4.69) is 34.2 Å². The predicted octanol–water partition coefficient (Wildman–Crippen LogP) is 7.97. The van der Waals surface area contributed by atoms with Crippen LogP contribution in [0.15, 0.2) is 60.7 Å². The van der Waals surface area contributed by atoms with Crippen molar-refractivity contribution < 1.29 is 19.4 Å². The van der Waals surface area contributed by atoms with Crippen molar-refractivity contribution in [3.05, 3.63) is 82.9 Å². The Morgan fingerprint density at radius 2 is 1.73 bits per heavy atom. The summed E-state index contributed by atoms with van der Waals surface area (Å²) in [5.41, 5.74) is 8.72. The number of aromatic nitrogens is 1. The molecule has 3 aromatic carbocycles. The lowest BCUT2D eigenvalue weighted by Gasteiger charge is -2.24. The number of hydrogen-bond donors (Lipinski definition) is 2. The van der Waals surface area contributed by atoms with Crippen molar-refractivity contribution in [3.63, 3.8) is 0 Å².